The molecular weight excluding hydrogens is 298 g/mol. The van der Waals surface area contributed by atoms with Crippen LogP contribution in [0, 0.1) is 20.8 Å². The number of tetrazole rings is 1. The van der Waals surface area contributed by atoms with E-state index in [9.17, 15) is 0 Å². The van der Waals surface area contributed by atoms with Crippen molar-refractivity contribution < 1.29 is 0 Å². The van der Waals surface area contributed by atoms with Crippen LogP contribution in [0.3, 0.4) is 0 Å². The first-order valence-corrected chi connectivity index (χ1v) is 8.10. The van der Waals surface area contributed by atoms with Crippen LogP contribution < -0.4 is 0 Å². The molecule has 0 bridgehead atoms. The Kier molecular flexibility index (Phi) is 3.38. The van der Waals surface area contributed by atoms with Crippen molar-refractivity contribution in [3.05, 3.63) is 27.6 Å². The van der Waals surface area contributed by atoms with Gasteiger partial charge in [0.05, 0.1) is 0 Å². The Balaban J connectivity index is 1.94. The molecule has 8 heteroatoms. The molecule has 98 valence electrons. The number of nitrogens with zero attached hydrogens (tertiary/aromatic N) is 5. The van der Waals surface area contributed by atoms with Gasteiger partial charge in [0.1, 0.15) is 5.00 Å². The predicted octanol–water partition coefficient (Wildman–Crippen LogP) is 3.26. The van der Waals surface area contributed by atoms with Gasteiger partial charge in [-0.25, -0.2) is 4.98 Å². The number of hydrogen-bond acceptors (Lipinski definition) is 7. The number of aryl methyl sites for hydroxylation is 3. The largest absolute Gasteiger partial charge is 0.235 e. The average molecular weight is 309 g/mol. The Labute approximate surface area is 122 Å². The SMILES string of the molecule is Cc1csc(Sc2nnnn2-c2cc(C)c(C)s2)n1. The fourth-order valence-electron chi connectivity index (χ4n) is 1.50. The summed E-state index contributed by atoms with van der Waals surface area (Å²) in [7, 11) is 0. The lowest BCUT2D eigenvalue weighted by Crippen LogP contribution is -1.95. The van der Waals surface area contributed by atoms with Crippen LogP contribution in [0.25, 0.3) is 5.00 Å². The molecular formula is C11H11N5S3. The van der Waals surface area contributed by atoms with Crippen molar-refractivity contribution >= 4 is 34.4 Å². The fraction of sp³-hybridized carbons (Fsp3) is 0.273. The van der Waals surface area contributed by atoms with E-state index in [1.54, 1.807) is 27.4 Å². The third-order valence-electron chi connectivity index (χ3n) is 2.58. The molecule has 0 aliphatic carbocycles. The summed E-state index contributed by atoms with van der Waals surface area (Å²) in [5.41, 5.74) is 2.28. The van der Waals surface area contributed by atoms with Crippen molar-refractivity contribution in [3.63, 3.8) is 0 Å². The topological polar surface area (TPSA) is 56.5 Å². The predicted molar refractivity (Wildman–Crippen MR) is 77.5 cm³/mol. The van der Waals surface area contributed by atoms with Crippen LogP contribution in [-0.2, 0) is 0 Å². The molecule has 0 atom stereocenters. The molecule has 5 nitrogen and oxygen atoms in total. The minimum Gasteiger partial charge on any atom is -0.235 e. The van der Waals surface area contributed by atoms with E-state index in [2.05, 4.69) is 40.4 Å². The molecule has 3 aromatic heterocycles. The molecule has 0 unspecified atom stereocenters. The standard InChI is InChI=1S/C11H11N5S3/c1-6-4-9(18-8(6)3)16-10(13-14-15-16)19-11-12-7(2)5-17-11/h4-5H,1-3H3. The Morgan fingerprint density at radius 1 is 1.26 bits per heavy atom. The minimum atomic E-state index is 0.746. The van der Waals surface area contributed by atoms with Gasteiger partial charge >= 0.3 is 0 Å². The van der Waals surface area contributed by atoms with Gasteiger partial charge in [-0.3, -0.25) is 0 Å². The summed E-state index contributed by atoms with van der Waals surface area (Å²) < 4.78 is 2.73. The van der Waals surface area contributed by atoms with Gasteiger partial charge in [-0.15, -0.1) is 27.8 Å². The Morgan fingerprint density at radius 2 is 2.11 bits per heavy atom. The number of rotatable bonds is 3. The maximum absolute atomic E-state index is 4.42. The molecule has 3 heterocycles. The zero-order valence-electron chi connectivity index (χ0n) is 10.6. The Hall–Kier alpha value is -1.25. The highest BCUT2D eigenvalue weighted by molar-refractivity contribution is 8.00. The van der Waals surface area contributed by atoms with Crippen molar-refractivity contribution in [3.8, 4) is 5.00 Å². The number of aromatic nitrogens is 5. The monoisotopic (exact) mass is 309 g/mol. The highest BCUT2D eigenvalue weighted by Crippen LogP contribution is 2.31. The van der Waals surface area contributed by atoms with Gasteiger partial charge in [0, 0.05) is 16.0 Å². The van der Waals surface area contributed by atoms with Crippen LogP contribution in [0.15, 0.2) is 20.9 Å². The van der Waals surface area contributed by atoms with Gasteiger partial charge < -0.3 is 0 Å². The smallest absolute Gasteiger partial charge is 0.221 e. The van der Waals surface area contributed by atoms with E-state index in [0.29, 0.717) is 0 Å². The Morgan fingerprint density at radius 3 is 2.74 bits per heavy atom. The van der Waals surface area contributed by atoms with Crippen LogP contribution in [0.1, 0.15) is 16.1 Å². The van der Waals surface area contributed by atoms with Crippen molar-refractivity contribution in [2.75, 3.05) is 0 Å². The summed E-state index contributed by atoms with van der Waals surface area (Å²) in [6, 6.07) is 2.10. The molecule has 0 aromatic carbocycles. The molecule has 0 aliphatic heterocycles. The fourth-order valence-corrected chi connectivity index (χ4v) is 4.26. The first-order valence-electron chi connectivity index (χ1n) is 5.59. The van der Waals surface area contributed by atoms with Crippen molar-refractivity contribution in [1.29, 1.82) is 0 Å². The minimum absolute atomic E-state index is 0.746. The zero-order valence-corrected chi connectivity index (χ0v) is 13.1. The zero-order chi connectivity index (χ0) is 13.4. The molecule has 3 aromatic rings. The maximum Gasteiger partial charge on any atom is 0.221 e. The van der Waals surface area contributed by atoms with E-state index in [0.717, 1.165) is 20.2 Å². The lowest BCUT2D eigenvalue weighted by Gasteiger charge is -1.98. The van der Waals surface area contributed by atoms with Gasteiger partial charge in [-0.1, -0.05) is 0 Å². The summed E-state index contributed by atoms with van der Waals surface area (Å²) in [4.78, 5) is 5.70. The molecule has 3 rings (SSSR count). The molecule has 0 saturated carbocycles. The first kappa shape index (κ1) is 12.8. The maximum atomic E-state index is 4.42. The van der Waals surface area contributed by atoms with Gasteiger partial charge in [-0.2, -0.15) is 4.68 Å². The van der Waals surface area contributed by atoms with Crippen molar-refractivity contribution in [2.24, 2.45) is 0 Å². The lowest BCUT2D eigenvalue weighted by molar-refractivity contribution is 0.767. The molecule has 0 radical (unpaired) electrons. The molecule has 0 spiro atoms. The molecule has 0 aliphatic rings. The van der Waals surface area contributed by atoms with Crippen LogP contribution >= 0.6 is 34.4 Å². The Bertz CT molecular complexity index is 692. The normalized spacial score (nSPS) is 11.1. The second-order valence-corrected chi connectivity index (χ2v) is 7.36. The van der Waals surface area contributed by atoms with Crippen LogP contribution in [-0.4, -0.2) is 25.2 Å². The second-order valence-electron chi connectivity index (χ2n) is 4.05. The van der Waals surface area contributed by atoms with E-state index < -0.39 is 0 Å². The third kappa shape index (κ3) is 2.56. The van der Waals surface area contributed by atoms with E-state index in [4.69, 9.17) is 0 Å². The van der Waals surface area contributed by atoms with Crippen LogP contribution in [0.4, 0.5) is 0 Å². The van der Waals surface area contributed by atoms with Gasteiger partial charge in [0.15, 0.2) is 4.34 Å². The van der Waals surface area contributed by atoms with Crippen molar-refractivity contribution in [2.45, 2.75) is 30.3 Å². The first-order chi connectivity index (χ1) is 9.13. The summed E-state index contributed by atoms with van der Waals surface area (Å²) in [6.07, 6.45) is 0. The molecule has 0 saturated heterocycles. The van der Waals surface area contributed by atoms with E-state index >= 15 is 0 Å². The van der Waals surface area contributed by atoms with E-state index in [1.807, 2.05) is 12.3 Å². The van der Waals surface area contributed by atoms with Crippen LogP contribution in [0.5, 0.6) is 0 Å². The third-order valence-corrected chi connectivity index (χ3v) is 5.70. The quantitative estimate of drug-likeness (QED) is 0.743. The van der Waals surface area contributed by atoms with E-state index in [-0.39, 0.29) is 0 Å². The average Bonchev–Trinajstić information content (AvgIpc) is 3.04. The number of hydrogen-bond donors (Lipinski definition) is 0. The molecule has 0 N–H and O–H groups in total. The molecule has 19 heavy (non-hydrogen) atoms. The van der Waals surface area contributed by atoms with Crippen molar-refractivity contribution in [1.82, 2.24) is 25.2 Å². The molecule has 0 fully saturated rings. The van der Waals surface area contributed by atoms with Crippen LogP contribution in [0.2, 0.25) is 0 Å². The summed E-state index contributed by atoms with van der Waals surface area (Å²) >= 11 is 4.79. The second kappa shape index (κ2) is 5.03. The molecule has 0 amide bonds. The summed E-state index contributed by atoms with van der Waals surface area (Å²) in [5.74, 6) is 0. The van der Waals surface area contributed by atoms with Gasteiger partial charge in [-0.05, 0) is 54.6 Å². The highest BCUT2D eigenvalue weighted by Gasteiger charge is 2.14. The summed E-state index contributed by atoms with van der Waals surface area (Å²) in [5, 5.41) is 15.7. The number of thiazole rings is 1. The van der Waals surface area contributed by atoms with Gasteiger partial charge in [0.25, 0.3) is 0 Å². The highest BCUT2D eigenvalue weighted by atomic mass is 32.2. The van der Waals surface area contributed by atoms with E-state index in [1.165, 1.54) is 22.2 Å². The van der Waals surface area contributed by atoms with Gasteiger partial charge in [0.2, 0.25) is 5.16 Å². The lowest BCUT2D eigenvalue weighted by atomic mass is 10.3. The number of thiophene rings is 1. The summed E-state index contributed by atoms with van der Waals surface area (Å²) in [6.45, 7) is 6.18.